The van der Waals surface area contributed by atoms with Crippen LogP contribution in [-0.4, -0.2) is 30.7 Å². The second-order valence-corrected chi connectivity index (χ2v) is 16.9. The first kappa shape index (κ1) is 21.2. The van der Waals surface area contributed by atoms with Gasteiger partial charge >= 0.3 is 25.9 Å². The molecule has 0 spiro atoms. The molecule has 1 aliphatic rings. The molecule has 32 heavy (non-hydrogen) atoms. The summed E-state index contributed by atoms with van der Waals surface area (Å²) in [6.45, 7) is 1.71. The Hall–Kier alpha value is -2.63. The van der Waals surface area contributed by atoms with Crippen molar-refractivity contribution in [3.8, 4) is 0 Å². The Morgan fingerprint density at radius 1 is 0.438 bits per heavy atom. The summed E-state index contributed by atoms with van der Waals surface area (Å²) < 4.78 is 20.4. The average Bonchev–Trinajstić information content (AvgIpc) is 2.85. The molecule has 0 amide bonds. The van der Waals surface area contributed by atoms with E-state index in [-0.39, 0.29) is 0 Å². The molecule has 0 aromatic heterocycles. The highest BCUT2D eigenvalue weighted by Crippen LogP contribution is 2.29. The first-order valence-corrected chi connectivity index (χ1v) is 16.5. The minimum absolute atomic E-state index is 0.950. The van der Waals surface area contributed by atoms with Gasteiger partial charge in [-0.25, -0.2) is 0 Å². The maximum Gasteiger partial charge on any atom is 0.477 e. The Balaban J connectivity index is 1.82. The molecule has 0 radical (unpaired) electrons. The van der Waals surface area contributed by atoms with E-state index in [2.05, 4.69) is 0 Å². The largest absolute Gasteiger partial charge is 0.477 e. The van der Waals surface area contributed by atoms with Gasteiger partial charge < -0.3 is 17.1 Å². The maximum atomic E-state index is 11.6. The first-order valence-electron chi connectivity index (χ1n) is 10.6. The lowest BCUT2D eigenvalue weighted by Crippen LogP contribution is -2.83. The molecule has 0 aliphatic carbocycles. The van der Waals surface area contributed by atoms with Gasteiger partial charge in [0.15, 0.2) is 0 Å². The Labute approximate surface area is 191 Å². The van der Waals surface area contributed by atoms with Gasteiger partial charge in [0, 0.05) is 6.55 Å². The first-order chi connectivity index (χ1) is 15.5. The molecular formula is C25H24O4Si3. The molecule has 160 valence electrons. The van der Waals surface area contributed by atoms with E-state index in [9.17, 15) is 4.80 Å². The lowest BCUT2D eigenvalue weighted by Gasteiger charge is -2.50. The second kappa shape index (κ2) is 8.38. The third kappa shape index (κ3) is 3.74. The third-order valence-electron chi connectivity index (χ3n) is 5.57. The van der Waals surface area contributed by atoms with Crippen LogP contribution in [0.15, 0.2) is 121 Å². The highest BCUT2D eigenvalue weighted by Gasteiger charge is 2.64. The van der Waals surface area contributed by atoms with E-state index in [1.54, 1.807) is 6.55 Å². The van der Waals surface area contributed by atoms with E-state index >= 15 is 0 Å². The Morgan fingerprint density at radius 2 is 0.688 bits per heavy atom. The fourth-order valence-electron chi connectivity index (χ4n) is 4.23. The summed E-state index contributed by atoms with van der Waals surface area (Å²) in [4.78, 5) is 11.6. The molecule has 0 saturated carbocycles. The smallest absolute Gasteiger partial charge is 0.402 e. The van der Waals surface area contributed by atoms with E-state index in [4.69, 9.17) is 12.3 Å². The van der Waals surface area contributed by atoms with E-state index in [0.29, 0.717) is 0 Å². The van der Waals surface area contributed by atoms with Crippen LogP contribution in [0.4, 0.5) is 0 Å². The van der Waals surface area contributed by atoms with Crippen LogP contribution in [0.2, 0.25) is 6.55 Å². The molecular weight excluding hydrogens is 449 g/mol. The van der Waals surface area contributed by atoms with Crippen LogP contribution in [0.5, 0.6) is 0 Å². The summed E-state index contributed by atoms with van der Waals surface area (Å²) in [6, 6.07) is 40.0. The molecule has 5 rings (SSSR count). The predicted molar refractivity (Wildman–Crippen MR) is 133 cm³/mol. The maximum absolute atomic E-state index is 11.6. The van der Waals surface area contributed by atoms with Crippen molar-refractivity contribution < 1.29 is 17.1 Å². The zero-order chi connectivity index (χ0) is 22.1. The summed E-state index contributed by atoms with van der Waals surface area (Å²) in [5.41, 5.74) is 0. The van der Waals surface area contributed by atoms with Gasteiger partial charge in [-0.1, -0.05) is 121 Å². The lowest BCUT2D eigenvalue weighted by atomic mass is 10.4. The summed E-state index contributed by atoms with van der Waals surface area (Å²) >= 11 is 0. The highest BCUT2D eigenvalue weighted by atomic mass is 28.5. The van der Waals surface area contributed by atoms with Crippen LogP contribution in [-0.2, 0) is 12.3 Å². The van der Waals surface area contributed by atoms with Gasteiger partial charge in [-0.2, -0.15) is 0 Å². The zero-order valence-electron chi connectivity index (χ0n) is 17.7. The zero-order valence-corrected chi connectivity index (χ0v) is 20.7. The lowest BCUT2D eigenvalue weighted by molar-refractivity contribution is 0.179. The fraction of sp³-hybridized carbons (Fsp3) is 0.0400. The van der Waals surface area contributed by atoms with Crippen molar-refractivity contribution in [2.75, 3.05) is 0 Å². The van der Waals surface area contributed by atoms with E-state index in [1.165, 1.54) is 0 Å². The molecule has 0 unspecified atom stereocenters. The standard InChI is InChI=1S/C25H24O4Si3/c1-30(26)27-31(22-14-6-2-7-15-22,23-16-8-3-9-17-23)29-32(28-30,24-18-10-4-11-19-24)25-20-12-5-13-21-25/h2-21,26H,1H3. The van der Waals surface area contributed by atoms with Crippen LogP contribution in [0.3, 0.4) is 0 Å². The average molecular weight is 473 g/mol. The van der Waals surface area contributed by atoms with Crippen LogP contribution in [0.1, 0.15) is 0 Å². The summed E-state index contributed by atoms with van der Waals surface area (Å²) in [7, 11) is -10.2. The fourth-order valence-corrected chi connectivity index (χ4v) is 18.7. The molecule has 0 atom stereocenters. The van der Waals surface area contributed by atoms with Crippen molar-refractivity contribution >= 4 is 46.7 Å². The van der Waals surface area contributed by atoms with Gasteiger partial charge in [0.2, 0.25) is 0 Å². The normalized spacial score (nSPS) is 18.7. The topological polar surface area (TPSA) is 47.9 Å². The molecule has 4 aromatic rings. The van der Waals surface area contributed by atoms with Gasteiger partial charge in [-0.3, -0.25) is 0 Å². The number of rotatable bonds is 4. The highest BCUT2D eigenvalue weighted by molar-refractivity contribution is 7.10. The molecule has 4 nitrogen and oxygen atoms in total. The molecule has 1 saturated heterocycles. The quantitative estimate of drug-likeness (QED) is 0.462. The third-order valence-corrected chi connectivity index (χ3v) is 17.6. The van der Waals surface area contributed by atoms with Crippen LogP contribution >= 0.6 is 0 Å². The Bertz CT molecular complexity index is 1000. The van der Waals surface area contributed by atoms with Gasteiger partial charge in [-0.15, -0.1) is 0 Å². The second-order valence-electron chi connectivity index (χ2n) is 7.90. The van der Waals surface area contributed by atoms with Gasteiger partial charge in [0.05, 0.1) is 0 Å². The molecule has 7 heteroatoms. The monoisotopic (exact) mass is 472 g/mol. The summed E-state index contributed by atoms with van der Waals surface area (Å²) in [5.74, 6) is 0. The minimum Gasteiger partial charge on any atom is -0.402 e. The number of hydrogen-bond acceptors (Lipinski definition) is 4. The molecule has 1 aliphatic heterocycles. The van der Waals surface area contributed by atoms with Crippen LogP contribution < -0.4 is 20.7 Å². The van der Waals surface area contributed by atoms with E-state index < -0.39 is 25.9 Å². The summed E-state index contributed by atoms with van der Waals surface area (Å²) in [6.07, 6.45) is 0. The van der Waals surface area contributed by atoms with Crippen molar-refractivity contribution in [1.29, 1.82) is 0 Å². The van der Waals surface area contributed by atoms with Crippen molar-refractivity contribution in [3.63, 3.8) is 0 Å². The Morgan fingerprint density at radius 3 is 0.938 bits per heavy atom. The van der Waals surface area contributed by atoms with Gasteiger partial charge in [-0.05, 0) is 20.7 Å². The number of benzene rings is 4. The molecule has 1 heterocycles. The SMILES string of the molecule is C[Si]1(O)O[Si](c2ccccc2)(c2ccccc2)O[Si](c2ccccc2)(c2ccccc2)O1. The van der Waals surface area contributed by atoms with Crippen molar-refractivity contribution in [2.24, 2.45) is 0 Å². The van der Waals surface area contributed by atoms with E-state index in [0.717, 1.165) is 20.7 Å². The molecule has 0 bridgehead atoms. The molecule has 1 fully saturated rings. The van der Waals surface area contributed by atoms with Gasteiger partial charge in [0.1, 0.15) is 0 Å². The number of hydrogen-bond donors (Lipinski definition) is 1. The van der Waals surface area contributed by atoms with Crippen molar-refractivity contribution in [3.05, 3.63) is 121 Å². The summed E-state index contributed by atoms with van der Waals surface area (Å²) in [5, 5.41) is 3.80. The van der Waals surface area contributed by atoms with E-state index in [1.807, 2.05) is 121 Å². The van der Waals surface area contributed by atoms with Crippen molar-refractivity contribution in [2.45, 2.75) is 6.55 Å². The Kier molecular flexibility index (Phi) is 5.56. The predicted octanol–water partition coefficient (Wildman–Crippen LogP) is 2.12. The molecule has 1 N–H and O–H groups in total. The van der Waals surface area contributed by atoms with Crippen LogP contribution in [0.25, 0.3) is 0 Å². The van der Waals surface area contributed by atoms with Crippen molar-refractivity contribution in [1.82, 2.24) is 0 Å². The van der Waals surface area contributed by atoms with Crippen LogP contribution in [0, 0.1) is 0 Å². The molecule has 4 aromatic carbocycles. The van der Waals surface area contributed by atoms with Gasteiger partial charge in [0.25, 0.3) is 0 Å². The minimum atomic E-state index is -3.59.